The average Bonchev–Trinajstić information content (AvgIpc) is 2.74. The topological polar surface area (TPSA) is 26.0 Å². The highest BCUT2D eigenvalue weighted by atomic mass is 79.9. The monoisotopic (exact) mass is 315 g/mol. The van der Waals surface area contributed by atoms with E-state index < -0.39 is 0 Å². The lowest BCUT2D eigenvalue weighted by Crippen LogP contribution is -2.12. The Hall–Kier alpha value is -0.350. The van der Waals surface area contributed by atoms with E-state index in [1.807, 2.05) is 24.3 Å². The number of hydrogen-bond acceptors (Lipinski definition) is 2. The van der Waals surface area contributed by atoms with Crippen molar-refractivity contribution in [2.24, 2.45) is 5.73 Å². The fourth-order valence-electron chi connectivity index (χ4n) is 1.51. The molecule has 2 N–H and O–H groups in total. The highest BCUT2D eigenvalue weighted by Crippen LogP contribution is 2.27. The molecular weight excluding hydrogens is 306 g/mol. The van der Waals surface area contributed by atoms with Crippen LogP contribution in [0.3, 0.4) is 0 Å². The quantitative estimate of drug-likeness (QED) is 0.892. The van der Waals surface area contributed by atoms with Crippen LogP contribution in [-0.4, -0.2) is 0 Å². The van der Waals surface area contributed by atoms with Crippen LogP contribution < -0.4 is 5.73 Å². The summed E-state index contributed by atoms with van der Waals surface area (Å²) in [6.45, 7) is 0. The first-order valence-electron chi connectivity index (χ1n) is 4.89. The highest BCUT2D eigenvalue weighted by molar-refractivity contribution is 9.10. The van der Waals surface area contributed by atoms with E-state index >= 15 is 0 Å². The Kier molecular flexibility index (Phi) is 4.03. The molecule has 84 valence electrons. The normalized spacial score (nSPS) is 12.7. The van der Waals surface area contributed by atoms with Gasteiger partial charge in [-0.25, -0.2) is 0 Å². The minimum Gasteiger partial charge on any atom is -0.324 e. The molecule has 0 amide bonds. The molecule has 0 aliphatic heterocycles. The molecular formula is C12H11BrClNS. The van der Waals surface area contributed by atoms with E-state index in [-0.39, 0.29) is 6.04 Å². The Morgan fingerprint density at radius 3 is 2.81 bits per heavy atom. The largest absolute Gasteiger partial charge is 0.324 e. The molecule has 0 aliphatic rings. The molecule has 0 bridgehead atoms. The summed E-state index contributed by atoms with van der Waals surface area (Å²) >= 11 is 11.1. The fourth-order valence-corrected chi connectivity index (χ4v) is 2.71. The summed E-state index contributed by atoms with van der Waals surface area (Å²) in [5.74, 6) is 0. The van der Waals surface area contributed by atoms with Gasteiger partial charge in [-0.15, -0.1) is 11.3 Å². The molecule has 16 heavy (non-hydrogen) atoms. The molecule has 2 rings (SSSR count). The molecule has 1 unspecified atom stereocenters. The summed E-state index contributed by atoms with van der Waals surface area (Å²) in [6, 6.07) is 10.0. The van der Waals surface area contributed by atoms with Gasteiger partial charge < -0.3 is 5.73 Å². The standard InChI is InChI=1S/C12H11BrClNS/c13-10-4-3-8(6-11(10)14)12(15)7-9-2-1-5-16-9/h1-6,12H,7,15H2. The van der Waals surface area contributed by atoms with Crippen molar-refractivity contribution in [3.63, 3.8) is 0 Å². The van der Waals surface area contributed by atoms with Gasteiger partial charge in [-0.2, -0.15) is 0 Å². The minimum absolute atomic E-state index is 0.00394. The fraction of sp³-hybridized carbons (Fsp3) is 0.167. The summed E-state index contributed by atoms with van der Waals surface area (Å²) in [4.78, 5) is 1.30. The molecule has 0 spiro atoms. The van der Waals surface area contributed by atoms with E-state index in [0.29, 0.717) is 5.02 Å². The predicted octanol–water partition coefficient (Wildman–Crippen LogP) is 4.41. The average molecular weight is 317 g/mol. The molecule has 1 atom stereocenters. The first kappa shape index (κ1) is 12.1. The van der Waals surface area contributed by atoms with E-state index in [0.717, 1.165) is 16.5 Å². The van der Waals surface area contributed by atoms with E-state index in [1.54, 1.807) is 11.3 Å². The molecule has 0 saturated carbocycles. The van der Waals surface area contributed by atoms with Gasteiger partial charge in [0.05, 0.1) is 5.02 Å². The van der Waals surface area contributed by atoms with Crippen LogP contribution in [0.15, 0.2) is 40.2 Å². The first-order valence-corrected chi connectivity index (χ1v) is 6.95. The zero-order chi connectivity index (χ0) is 11.5. The van der Waals surface area contributed by atoms with Crippen LogP contribution in [0.2, 0.25) is 5.02 Å². The maximum absolute atomic E-state index is 6.14. The summed E-state index contributed by atoms with van der Waals surface area (Å²) in [5.41, 5.74) is 7.21. The van der Waals surface area contributed by atoms with Crippen LogP contribution >= 0.6 is 38.9 Å². The summed E-state index contributed by atoms with van der Waals surface area (Å²) < 4.78 is 0.904. The Morgan fingerprint density at radius 1 is 1.38 bits per heavy atom. The minimum atomic E-state index is 0.00394. The van der Waals surface area contributed by atoms with E-state index in [2.05, 4.69) is 27.4 Å². The molecule has 4 heteroatoms. The molecule has 0 saturated heterocycles. The van der Waals surface area contributed by atoms with Gasteiger partial charge in [0.25, 0.3) is 0 Å². The molecule has 2 aromatic rings. The SMILES string of the molecule is NC(Cc1cccs1)c1ccc(Br)c(Cl)c1. The third kappa shape index (κ3) is 2.86. The van der Waals surface area contributed by atoms with Crippen molar-refractivity contribution in [2.45, 2.75) is 12.5 Å². The van der Waals surface area contributed by atoms with E-state index in [1.165, 1.54) is 4.88 Å². The van der Waals surface area contributed by atoms with Gasteiger partial charge in [-0.1, -0.05) is 23.7 Å². The summed E-state index contributed by atoms with van der Waals surface area (Å²) in [7, 11) is 0. The van der Waals surface area contributed by atoms with Gasteiger partial charge in [0, 0.05) is 21.8 Å². The summed E-state index contributed by atoms with van der Waals surface area (Å²) in [5, 5.41) is 2.77. The molecule has 1 aromatic carbocycles. The van der Waals surface area contributed by atoms with Crippen LogP contribution in [0.5, 0.6) is 0 Å². The van der Waals surface area contributed by atoms with Crippen molar-refractivity contribution >= 4 is 38.9 Å². The second kappa shape index (κ2) is 5.32. The van der Waals surface area contributed by atoms with Crippen LogP contribution in [0, 0.1) is 0 Å². The number of thiophene rings is 1. The van der Waals surface area contributed by atoms with Gasteiger partial charge >= 0.3 is 0 Å². The second-order valence-corrected chi connectivity index (χ2v) is 5.86. The third-order valence-corrected chi connectivity index (χ3v) is 4.50. The summed E-state index contributed by atoms with van der Waals surface area (Å²) in [6.07, 6.45) is 0.857. The van der Waals surface area contributed by atoms with E-state index in [4.69, 9.17) is 17.3 Å². The van der Waals surface area contributed by atoms with Gasteiger partial charge in [0.2, 0.25) is 0 Å². The maximum Gasteiger partial charge on any atom is 0.0551 e. The Labute approximate surface area is 112 Å². The molecule has 0 aliphatic carbocycles. The van der Waals surface area contributed by atoms with Crippen molar-refractivity contribution in [3.05, 3.63) is 55.6 Å². The molecule has 0 radical (unpaired) electrons. The van der Waals surface area contributed by atoms with Gasteiger partial charge in [0.1, 0.15) is 0 Å². The number of rotatable bonds is 3. The molecule has 1 nitrogen and oxygen atoms in total. The lowest BCUT2D eigenvalue weighted by atomic mass is 10.0. The lowest BCUT2D eigenvalue weighted by molar-refractivity contribution is 0.730. The smallest absolute Gasteiger partial charge is 0.0551 e. The Morgan fingerprint density at radius 2 is 2.19 bits per heavy atom. The van der Waals surface area contributed by atoms with Crippen molar-refractivity contribution in [1.29, 1.82) is 0 Å². The van der Waals surface area contributed by atoms with E-state index in [9.17, 15) is 0 Å². The Balaban J connectivity index is 2.14. The molecule has 0 fully saturated rings. The Bertz CT molecular complexity index is 470. The van der Waals surface area contributed by atoms with Crippen molar-refractivity contribution in [3.8, 4) is 0 Å². The van der Waals surface area contributed by atoms with Gasteiger partial charge in [-0.3, -0.25) is 0 Å². The first-order chi connectivity index (χ1) is 7.66. The van der Waals surface area contributed by atoms with Crippen molar-refractivity contribution < 1.29 is 0 Å². The number of nitrogens with two attached hydrogens (primary N) is 1. The third-order valence-electron chi connectivity index (χ3n) is 2.37. The number of halogens is 2. The highest BCUT2D eigenvalue weighted by Gasteiger charge is 2.09. The number of hydrogen-bond donors (Lipinski definition) is 1. The maximum atomic E-state index is 6.14. The number of benzene rings is 1. The van der Waals surface area contributed by atoms with Crippen LogP contribution in [-0.2, 0) is 6.42 Å². The van der Waals surface area contributed by atoms with Crippen molar-refractivity contribution in [1.82, 2.24) is 0 Å². The second-order valence-electron chi connectivity index (χ2n) is 3.56. The van der Waals surface area contributed by atoms with Gasteiger partial charge in [-0.05, 0) is 45.1 Å². The zero-order valence-electron chi connectivity index (χ0n) is 8.49. The zero-order valence-corrected chi connectivity index (χ0v) is 11.6. The van der Waals surface area contributed by atoms with Crippen LogP contribution in [0.25, 0.3) is 0 Å². The van der Waals surface area contributed by atoms with Gasteiger partial charge in [0.15, 0.2) is 0 Å². The molecule has 1 heterocycles. The predicted molar refractivity (Wildman–Crippen MR) is 74.1 cm³/mol. The van der Waals surface area contributed by atoms with Crippen LogP contribution in [0.1, 0.15) is 16.5 Å². The molecule has 1 aromatic heterocycles. The van der Waals surface area contributed by atoms with Crippen LogP contribution in [0.4, 0.5) is 0 Å². The lowest BCUT2D eigenvalue weighted by Gasteiger charge is -2.11. The van der Waals surface area contributed by atoms with Crippen molar-refractivity contribution in [2.75, 3.05) is 0 Å².